The van der Waals surface area contributed by atoms with Gasteiger partial charge < -0.3 is 15.5 Å². The molecule has 0 spiro atoms. The van der Waals surface area contributed by atoms with E-state index in [1.165, 1.54) is 38.4 Å². The Bertz CT molecular complexity index is 493. The first-order chi connectivity index (χ1) is 10.5. The summed E-state index contributed by atoms with van der Waals surface area (Å²) in [4.78, 5) is 13.7. The van der Waals surface area contributed by atoms with Crippen molar-refractivity contribution < 1.29 is 4.79 Å². The molecule has 1 aliphatic rings. The highest BCUT2D eigenvalue weighted by molar-refractivity contribution is 5.88. The topological polar surface area (TPSA) is 44.4 Å². The molecule has 1 atom stereocenters. The van der Waals surface area contributed by atoms with Crippen LogP contribution < -0.4 is 10.6 Å². The van der Waals surface area contributed by atoms with Crippen molar-refractivity contribution in [1.82, 2.24) is 10.2 Å². The van der Waals surface area contributed by atoms with E-state index in [-0.39, 0.29) is 5.91 Å². The van der Waals surface area contributed by atoms with E-state index in [4.69, 9.17) is 0 Å². The number of carbonyl (C=O) groups is 1. The molecule has 122 valence electrons. The number of likely N-dealkylation sites (tertiary alicyclic amines) is 1. The van der Waals surface area contributed by atoms with E-state index < -0.39 is 0 Å². The van der Waals surface area contributed by atoms with Gasteiger partial charge in [0.2, 0.25) is 5.91 Å². The molecule has 4 nitrogen and oxygen atoms in total. The number of piperidine rings is 1. The zero-order valence-electron chi connectivity index (χ0n) is 14.2. The molecule has 2 rings (SSSR count). The van der Waals surface area contributed by atoms with Crippen molar-refractivity contribution in [2.45, 2.75) is 58.7 Å². The fourth-order valence-corrected chi connectivity index (χ4v) is 3.12. The summed E-state index contributed by atoms with van der Waals surface area (Å²) >= 11 is 0. The number of hydrogen-bond donors (Lipinski definition) is 2. The molecule has 0 aliphatic carbocycles. The van der Waals surface area contributed by atoms with Crippen LogP contribution in [0.3, 0.4) is 0 Å². The third-order valence-electron chi connectivity index (χ3n) is 4.45. The molecule has 2 N–H and O–H groups in total. The fraction of sp³-hybridized carbons (Fsp3) is 0.611. The van der Waals surface area contributed by atoms with Crippen LogP contribution in [0, 0.1) is 0 Å². The van der Waals surface area contributed by atoms with E-state index >= 15 is 0 Å². The minimum Gasteiger partial charge on any atom is -0.326 e. The van der Waals surface area contributed by atoms with Gasteiger partial charge in [-0.05, 0) is 64.4 Å². The Morgan fingerprint density at radius 3 is 2.50 bits per heavy atom. The summed E-state index contributed by atoms with van der Waals surface area (Å²) in [5, 5.41) is 6.58. The third kappa shape index (κ3) is 4.82. The molecule has 1 amide bonds. The zero-order valence-corrected chi connectivity index (χ0v) is 14.2. The molecule has 1 aromatic carbocycles. The van der Waals surface area contributed by atoms with Gasteiger partial charge in [0.1, 0.15) is 0 Å². The Morgan fingerprint density at radius 1 is 1.23 bits per heavy atom. The van der Waals surface area contributed by atoms with Crippen LogP contribution in [0.15, 0.2) is 24.3 Å². The lowest BCUT2D eigenvalue weighted by molar-refractivity contribution is -0.114. The van der Waals surface area contributed by atoms with Gasteiger partial charge in [0.05, 0.1) is 0 Å². The number of nitrogens with one attached hydrogen (secondary N) is 2. The maximum atomic E-state index is 11.2. The summed E-state index contributed by atoms with van der Waals surface area (Å²) in [6.45, 7) is 10.6. The Morgan fingerprint density at radius 2 is 1.91 bits per heavy atom. The number of hydrogen-bond acceptors (Lipinski definition) is 3. The number of anilines is 1. The van der Waals surface area contributed by atoms with Gasteiger partial charge in [0.25, 0.3) is 0 Å². The third-order valence-corrected chi connectivity index (χ3v) is 4.45. The van der Waals surface area contributed by atoms with Crippen molar-refractivity contribution in [2.24, 2.45) is 0 Å². The van der Waals surface area contributed by atoms with Crippen LogP contribution in [-0.2, 0) is 4.79 Å². The summed E-state index contributed by atoms with van der Waals surface area (Å²) in [6, 6.07) is 9.62. The lowest BCUT2D eigenvalue weighted by Gasteiger charge is -2.36. The molecular weight excluding hydrogens is 274 g/mol. The first kappa shape index (κ1) is 17.0. The Balaban J connectivity index is 1.90. The average Bonchev–Trinajstić information content (AvgIpc) is 2.47. The van der Waals surface area contributed by atoms with Crippen molar-refractivity contribution >= 4 is 11.6 Å². The molecule has 0 aromatic heterocycles. The van der Waals surface area contributed by atoms with E-state index in [1.807, 2.05) is 12.1 Å². The highest BCUT2D eigenvalue weighted by Crippen LogP contribution is 2.21. The van der Waals surface area contributed by atoms with Crippen LogP contribution in [0.4, 0.5) is 5.69 Å². The average molecular weight is 303 g/mol. The van der Waals surface area contributed by atoms with Crippen molar-refractivity contribution in [1.29, 1.82) is 0 Å². The molecule has 1 unspecified atom stereocenters. The lowest BCUT2D eigenvalue weighted by atomic mass is 10.0. The molecular formula is C18H29N3O. The quantitative estimate of drug-likeness (QED) is 0.878. The van der Waals surface area contributed by atoms with E-state index in [1.54, 1.807) is 0 Å². The summed E-state index contributed by atoms with van der Waals surface area (Å²) in [6.07, 6.45) is 2.40. The number of benzene rings is 1. The standard InChI is InChI=1S/C18H29N3O/c1-13(2)21-10-8-17(9-11-21)19-14(3)16-6-5-7-18(12-16)20-15(4)22/h5-7,12-14,17,19H,8-11H2,1-4H3,(H,20,22). The van der Waals surface area contributed by atoms with E-state index in [2.05, 4.69) is 48.4 Å². The van der Waals surface area contributed by atoms with Gasteiger partial charge in [-0.15, -0.1) is 0 Å². The minimum absolute atomic E-state index is 0.0289. The first-order valence-electron chi connectivity index (χ1n) is 8.33. The predicted molar refractivity (Wildman–Crippen MR) is 92.0 cm³/mol. The second-order valence-corrected chi connectivity index (χ2v) is 6.60. The zero-order chi connectivity index (χ0) is 16.1. The molecule has 1 aliphatic heterocycles. The van der Waals surface area contributed by atoms with Crippen molar-refractivity contribution in [3.63, 3.8) is 0 Å². The van der Waals surface area contributed by atoms with Gasteiger partial charge in [-0.1, -0.05) is 12.1 Å². The molecule has 1 aromatic rings. The summed E-state index contributed by atoms with van der Waals surface area (Å²) < 4.78 is 0. The minimum atomic E-state index is -0.0289. The highest BCUT2D eigenvalue weighted by Gasteiger charge is 2.22. The van der Waals surface area contributed by atoms with Crippen LogP contribution in [0.1, 0.15) is 52.1 Å². The maximum Gasteiger partial charge on any atom is 0.221 e. The van der Waals surface area contributed by atoms with Crippen LogP contribution >= 0.6 is 0 Å². The van der Waals surface area contributed by atoms with Crippen LogP contribution in [0.25, 0.3) is 0 Å². The summed E-state index contributed by atoms with van der Waals surface area (Å²) in [7, 11) is 0. The van der Waals surface area contributed by atoms with Crippen molar-refractivity contribution in [3.8, 4) is 0 Å². The van der Waals surface area contributed by atoms with E-state index in [0.717, 1.165) is 5.69 Å². The number of nitrogens with zero attached hydrogens (tertiary/aromatic N) is 1. The van der Waals surface area contributed by atoms with Gasteiger partial charge >= 0.3 is 0 Å². The summed E-state index contributed by atoms with van der Waals surface area (Å²) in [5.41, 5.74) is 2.09. The Hall–Kier alpha value is -1.39. The number of rotatable bonds is 5. The molecule has 1 heterocycles. The molecule has 22 heavy (non-hydrogen) atoms. The molecule has 0 radical (unpaired) electrons. The lowest BCUT2D eigenvalue weighted by Crippen LogP contribution is -2.45. The van der Waals surface area contributed by atoms with E-state index in [0.29, 0.717) is 18.1 Å². The van der Waals surface area contributed by atoms with Gasteiger partial charge in [-0.2, -0.15) is 0 Å². The van der Waals surface area contributed by atoms with Gasteiger partial charge in [0.15, 0.2) is 0 Å². The smallest absolute Gasteiger partial charge is 0.221 e. The largest absolute Gasteiger partial charge is 0.326 e. The Labute approximate surface area is 134 Å². The molecule has 4 heteroatoms. The highest BCUT2D eigenvalue weighted by atomic mass is 16.1. The molecule has 0 saturated carbocycles. The number of amides is 1. The summed E-state index contributed by atoms with van der Waals surface area (Å²) in [5.74, 6) is -0.0289. The van der Waals surface area contributed by atoms with E-state index in [9.17, 15) is 4.79 Å². The SMILES string of the molecule is CC(=O)Nc1cccc(C(C)NC2CCN(C(C)C)CC2)c1. The molecule has 1 fully saturated rings. The first-order valence-corrected chi connectivity index (χ1v) is 8.33. The van der Waals surface area contributed by atoms with Crippen molar-refractivity contribution in [3.05, 3.63) is 29.8 Å². The molecule has 1 saturated heterocycles. The normalized spacial score (nSPS) is 18.4. The maximum absolute atomic E-state index is 11.2. The van der Waals surface area contributed by atoms with Crippen LogP contribution in [0.5, 0.6) is 0 Å². The molecule has 0 bridgehead atoms. The fourth-order valence-electron chi connectivity index (χ4n) is 3.12. The van der Waals surface area contributed by atoms with Gasteiger partial charge in [-0.3, -0.25) is 4.79 Å². The predicted octanol–water partition coefficient (Wildman–Crippen LogP) is 3.17. The van der Waals surface area contributed by atoms with Crippen molar-refractivity contribution in [2.75, 3.05) is 18.4 Å². The van der Waals surface area contributed by atoms with Gasteiger partial charge in [-0.25, -0.2) is 0 Å². The second kappa shape index (κ2) is 7.75. The van der Waals surface area contributed by atoms with Crippen LogP contribution in [-0.4, -0.2) is 36.0 Å². The second-order valence-electron chi connectivity index (χ2n) is 6.60. The van der Waals surface area contributed by atoms with Gasteiger partial charge in [0, 0.05) is 30.7 Å². The Kier molecular flexibility index (Phi) is 5.98. The monoisotopic (exact) mass is 303 g/mol. The van der Waals surface area contributed by atoms with Crippen LogP contribution in [0.2, 0.25) is 0 Å². The number of carbonyl (C=O) groups excluding carboxylic acids is 1.